The first kappa shape index (κ1) is 15.7. The minimum Gasteiger partial charge on any atom is -0.486 e. The van der Waals surface area contributed by atoms with Crippen molar-refractivity contribution >= 4 is 39.2 Å². The number of benzene rings is 2. The smallest absolute Gasteiger partial charge is 0.341 e. The first-order valence-corrected chi connectivity index (χ1v) is 7.23. The summed E-state index contributed by atoms with van der Waals surface area (Å²) in [5.41, 5.74) is 7.22. The molecule has 2 aromatic rings. The van der Waals surface area contributed by atoms with Crippen LogP contribution in [0.2, 0.25) is 5.02 Å². The van der Waals surface area contributed by atoms with E-state index in [-0.39, 0.29) is 22.9 Å². The van der Waals surface area contributed by atoms with E-state index in [0.29, 0.717) is 5.69 Å². The molecule has 21 heavy (non-hydrogen) atoms. The van der Waals surface area contributed by atoms with E-state index in [1.165, 1.54) is 19.2 Å². The molecular weight excluding hydrogens is 358 g/mol. The number of carbonyl (C=O) groups is 1. The lowest BCUT2D eigenvalue weighted by atomic mass is 10.1. The van der Waals surface area contributed by atoms with Crippen molar-refractivity contribution < 1.29 is 14.3 Å². The van der Waals surface area contributed by atoms with Gasteiger partial charge in [-0.05, 0) is 29.8 Å². The van der Waals surface area contributed by atoms with Gasteiger partial charge in [-0.3, -0.25) is 0 Å². The number of methoxy groups -OCH3 is 1. The maximum Gasteiger partial charge on any atom is 0.341 e. The zero-order valence-corrected chi connectivity index (χ0v) is 13.6. The van der Waals surface area contributed by atoms with Crippen molar-refractivity contribution in [1.82, 2.24) is 0 Å². The Morgan fingerprint density at radius 3 is 2.57 bits per heavy atom. The maximum absolute atomic E-state index is 11.8. The van der Waals surface area contributed by atoms with Crippen LogP contribution < -0.4 is 10.5 Å². The van der Waals surface area contributed by atoms with Gasteiger partial charge in [-0.2, -0.15) is 0 Å². The molecule has 6 heteroatoms. The summed E-state index contributed by atoms with van der Waals surface area (Å²) in [4.78, 5) is 11.8. The first-order valence-electron chi connectivity index (χ1n) is 6.06. The Kier molecular flexibility index (Phi) is 5.09. The van der Waals surface area contributed by atoms with Gasteiger partial charge in [0, 0.05) is 10.2 Å². The van der Waals surface area contributed by atoms with Gasteiger partial charge in [-0.25, -0.2) is 4.79 Å². The number of anilines is 1. The number of hydrogen-bond acceptors (Lipinski definition) is 4. The quantitative estimate of drug-likeness (QED) is 0.651. The van der Waals surface area contributed by atoms with Crippen molar-refractivity contribution in [3.63, 3.8) is 0 Å². The molecular formula is C15H13BrClNO3. The minimum atomic E-state index is -0.546. The second-order valence-corrected chi connectivity index (χ2v) is 5.61. The molecule has 0 fully saturated rings. The molecule has 2 N–H and O–H groups in total. The topological polar surface area (TPSA) is 61.5 Å². The molecule has 110 valence electrons. The van der Waals surface area contributed by atoms with Crippen molar-refractivity contribution in [1.29, 1.82) is 0 Å². The summed E-state index contributed by atoms with van der Waals surface area (Å²) in [5.74, 6) is -0.282. The molecule has 0 amide bonds. The zero-order valence-electron chi connectivity index (χ0n) is 11.2. The lowest BCUT2D eigenvalue weighted by Crippen LogP contribution is -2.07. The Balaban J connectivity index is 2.26. The monoisotopic (exact) mass is 369 g/mol. The van der Waals surface area contributed by atoms with Gasteiger partial charge in [-0.1, -0.05) is 39.7 Å². The maximum atomic E-state index is 11.8. The predicted molar refractivity (Wildman–Crippen MR) is 85.7 cm³/mol. The fourth-order valence-corrected chi connectivity index (χ4v) is 2.31. The highest BCUT2D eigenvalue weighted by atomic mass is 79.9. The van der Waals surface area contributed by atoms with Crippen LogP contribution in [0.15, 0.2) is 40.9 Å². The third-order valence-corrected chi connectivity index (χ3v) is 3.58. The molecule has 0 aliphatic carbocycles. The molecule has 0 atom stereocenters. The van der Waals surface area contributed by atoms with E-state index in [2.05, 4.69) is 15.9 Å². The highest BCUT2D eigenvalue weighted by molar-refractivity contribution is 9.10. The molecule has 2 aromatic carbocycles. The summed E-state index contributed by atoms with van der Waals surface area (Å²) in [6.07, 6.45) is 0. The summed E-state index contributed by atoms with van der Waals surface area (Å²) in [6.45, 7) is 0.279. The standard InChI is InChI=1S/C15H13BrClNO3/c1-20-15(19)12-6-11(18)7-13(17)14(12)21-8-9-2-4-10(16)5-3-9/h2-7H,8,18H2,1H3. The van der Waals surface area contributed by atoms with Gasteiger partial charge in [0.25, 0.3) is 0 Å². The van der Waals surface area contributed by atoms with Gasteiger partial charge in [-0.15, -0.1) is 0 Å². The van der Waals surface area contributed by atoms with Crippen LogP contribution in [0.5, 0.6) is 5.75 Å². The van der Waals surface area contributed by atoms with Gasteiger partial charge in [0.1, 0.15) is 12.2 Å². The minimum absolute atomic E-state index is 0.208. The van der Waals surface area contributed by atoms with E-state index in [9.17, 15) is 4.79 Å². The molecule has 0 aliphatic heterocycles. The Morgan fingerprint density at radius 1 is 1.29 bits per heavy atom. The molecule has 4 nitrogen and oxygen atoms in total. The SMILES string of the molecule is COC(=O)c1cc(N)cc(Cl)c1OCc1ccc(Br)cc1. The largest absolute Gasteiger partial charge is 0.486 e. The summed E-state index contributed by atoms with van der Waals surface area (Å²) in [7, 11) is 1.29. The van der Waals surface area contributed by atoms with Gasteiger partial charge in [0.05, 0.1) is 12.1 Å². The zero-order chi connectivity index (χ0) is 15.4. The van der Waals surface area contributed by atoms with Crippen LogP contribution in [0, 0.1) is 0 Å². The first-order chi connectivity index (χ1) is 10.0. The lowest BCUT2D eigenvalue weighted by Gasteiger charge is -2.13. The van der Waals surface area contributed by atoms with Crippen LogP contribution in [0.3, 0.4) is 0 Å². The van der Waals surface area contributed by atoms with Crippen molar-refractivity contribution in [2.45, 2.75) is 6.61 Å². The summed E-state index contributed by atoms with van der Waals surface area (Å²) in [6, 6.07) is 10.6. The third-order valence-electron chi connectivity index (χ3n) is 2.77. The fraction of sp³-hybridized carbons (Fsp3) is 0.133. The Morgan fingerprint density at radius 2 is 1.95 bits per heavy atom. The molecule has 0 spiro atoms. The number of ether oxygens (including phenoxy) is 2. The van der Waals surface area contributed by atoms with Crippen LogP contribution >= 0.6 is 27.5 Å². The average Bonchev–Trinajstić information content (AvgIpc) is 2.46. The molecule has 0 heterocycles. The van der Waals surface area contributed by atoms with Gasteiger partial charge < -0.3 is 15.2 Å². The molecule has 0 saturated heterocycles. The van der Waals surface area contributed by atoms with E-state index in [0.717, 1.165) is 10.0 Å². The highest BCUT2D eigenvalue weighted by Gasteiger charge is 2.17. The van der Waals surface area contributed by atoms with Gasteiger partial charge in [0.2, 0.25) is 0 Å². The Hall–Kier alpha value is -1.72. The van der Waals surface area contributed by atoms with Crippen LogP contribution in [0.25, 0.3) is 0 Å². The number of esters is 1. The van der Waals surface area contributed by atoms with Crippen molar-refractivity contribution in [2.75, 3.05) is 12.8 Å². The number of carbonyl (C=O) groups excluding carboxylic acids is 1. The summed E-state index contributed by atoms with van der Waals surface area (Å²) >= 11 is 9.47. The van der Waals surface area contributed by atoms with E-state index < -0.39 is 5.97 Å². The lowest BCUT2D eigenvalue weighted by molar-refractivity contribution is 0.0595. The Bertz CT molecular complexity index is 659. The molecule has 2 rings (SSSR count). The molecule has 0 aliphatic rings. The normalized spacial score (nSPS) is 10.2. The van der Waals surface area contributed by atoms with Crippen molar-refractivity contribution in [3.05, 3.63) is 57.0 Å². The van der Waals surface area contributed by atoms with E-state index in [1.54, 1.807) is 0 Å². The van der Waals surface area contributed by atoms with E-state index in [1.807, 2.05) is 24.3 Å². The second-order valence-electron chi connectivity index (χ2n) is 4.29. The highest BCUT2D eigenvalue weighted by Crippen LogP contribution is 2.32. The Labute approximate surface area is 135 Å². The third kappa shape index (κ3) is 3.89. The van der Waals surface area contributed by atoms with E-state index in [4.69, 9.17) is 26.8 Å². The van der Waals surface area contributed by atoms with Crippen molar-refractivity contribution in [2.24, 2.45) is 0 Å². The number of nitrogen functional groups attached to an aromatic ring is 1. The molecule has 0 saturated carbocycles. The summed E-state index contributed by atoms with van der Waals surface area (Å²) in [5, 5.41) is 0.271. The fourth-order valence-electron chi connectivity index (χ4n) is 1.76. The van der Waals surface area contributed by atoms with Gasteiger partial charge >= 0.3 is 5.97 Å². The van der Waals surface area contributed by atoms with Crippen molar-refractivity contribution in [3.8, 4) is 5.75 Å². The average molecular weight is 371 g/mol. The molecule has 0 unspecified atom stereocenters. The molecule has 0 aromatic heterocycles. The number of nitrogens with two attached hydrogens (primary N) is 1. The van der Waals surface area contributed by atoms with Gasteiger partial charge in [0.15, 0.2) is 5.75 Å². The van der Waals surface area contributed by atoms with Crippen LogP contribution in [-0.2, 0) is 11.3 Å². The second kappa shape index (κ2) is 6.83. The summed E-state index contributed by atoms with van der Waals surface area (Å²) < 4.78 is 11.4. The number of hydrogen-bond donors (Lipinski definition) is 1. The molecule has 0 radical (unpaired) electrons. The number of rotatable bonds is 4. The van der Waals surface area contributed by atoms with Crippen LogP contribution in [-0.4, -0.2) is 13.1 Å². The van der Waals surface area contributed by atoms with Crippen LogP contribution in [0.1, 0.15) is 15.9 Å². The molecule has 0 bridgehead atoms. The number of halogens is 2. The van der Waals surface area contributed by atoms with E-state index >= 15 is 0 Å². The predicted octanol–water partition coefficient (Wildman–Crippen LogP) is 4.05. The van der Waals surface area contributed by atoms with Crippen LogP contribution in [0.4, 0.5) is 5.69 Å².